The molecule has 228 valence electrons. The van der Waals surface area contributed by atoms with Crippen LogP contribution in [-0.2, 0) is 10.8 Å². The molecular weight excluding hydrogens is 581 g/mol. The third-order valence-corrected chi connectivity index (χ3v) is 18.2. The first-order valence-electron chi connectivity index (χ1n) is 17.3. The van der Waals surface area contributed by atoms with Crippen molar-refractivity contribution in [3.8, 4) is 0 Å². The molecule has 5 aliphatic rings. The highest BCUT2D eigenvalue weighted by molar-refractivity contribution is 7.13. The van der Waals surface area contributed by atoms with Crippen LogP contribution in [0.5, 0.6) is 0 Å². The van der Waals surface area contributed by atoms with Crippen molar-refractivity contribution in [2.45, 2.75) is 54.4 Å². The molecule has 2 unspecified atom stereocenters. The highest BCUT2D eigenvalue weighted by Crippen LogP contribution is 2.80. The summed E-state index contributed by atoms with van der Waals surface area (Å²) in [6.45, 7) is 0. The summed E-state index contributed by atoms with van der Waals surface area (Å²) in [6, 6.07) is 58.6. The molecule has 2 atom stereocenters. The second kappa shape index (κ2) is 10.7. The molecule has 0 aliphatic heterocycles. The summed E-state index contributed by atoms with van der Waals surface area (Å²) >= 11 is 0. The maximum Gasteiger partial charge on any atom is 0.154 e. The van der Waals surface area contributed by atoms with Crippen molar-refractivity contribution in [1.82, 2.24) is 0 Å². The fourth-order valence-electron chi connectivity index (χ4n) is 11.7. The lowest BCUT2D eigenvalue weighted by molar-refractivity contribution is -0.0638. The molecule has 1 heteroatoms. The van der Waals surface area contributed by atoms with E-state index in [1.165, 1.54) is 70.8 Å². The average molecular weight is 621 g/mol. The van der Waals surface area contributed by atoms with Crippen LogP contribution in [0.3, 0.4) is 0 Å². The van der Waals surface area contributed by atoms with E-state index in [1.54, 1.807) is 0 Å². The van der Waals surface area contributed by atoms with Gasteiger partial charge in [0, 0.05) is 0 Å². The van der Waals surface area contributed by atoms with Crippen molar-refractivity contribution in [3.63, 3.8) is 0 Å². The Kier molecular flexibility index (Phi) is 6.50. The van der Waals surface area contributed by atoms with E-state index in [-0.39, 0.29) is 21.3 Å². The van der Waals surface area contributed by atoms with Crippen molar-refractivity contribution in [2.24, 2.45) is 5.41 Å². The van der Waals surface area contributed by atoms with E-state index >= 15 is 0 Å². The molecular formula is C46H40Si. The molecule has 0 saturated heterocycles. The maximum absolute atomic E-state index is 3.42. The minimum absolute atomic E-state index is 0.0165. The first kappa shape index (κ1) is 28.6. The Morgan fingerprint density at radius 2 is 0.787 bits per heavy atom. The molecule has 0 aromatic heterocycles. The van der Waals surface area contributed by atoms with Gasteiger partial charge in [0.05, 0.1) is 0 Å². The van der Waals surface area contributed by atoms with Crippen molar-refractivity contribution >= 4 is 23.6 Å². The van der Waals surface area contributed by atoms with Crippen LogP contribution in [0, 0.1) is 5.41 Å². The summed E-state index contributed by atoms with van der Waals surface area (Å²) in [5.74, 6) is 0. The van der Waals surface area contributed by atoms with Gasteiger partial charge >= 0.3 is 0 Å². The van der Waals surface area contributed by atoms with Crippen LogP contribution >= 0.6 is 0 Å². The maximum atomic E-state index is 3.42. The summed E-state index contributed by atoms with van der Waals surface area (Å²) in [5, 5.41) is 4.65. The van der Waals surface area contributed by atoms with Gasteiger partial charge in [0.25, 0.3) is 0 Å². The third kappa shape index (κ3) is 4.14. The molecule has 4 fully saturated rings. The molecule has 0 spiro atoms. The highest BCUT2D eigenvalue weighted by Gasteiger charge is 2.74. The molecule has 0 heterocycles. The number of hydrogen-bond donors (Lipinski definition) is 0. The summed E-state index contributed by atoms with van der Waals surface area (Å²) in [4.78, 5) is 0. The van der Waals surface area contributed by atoms with Crippen LogP contribution in [-0.4, -0.2) is 8.07 Å². The predicted octanol–water partition coefficient (Wildman–Crippen LogP) is 8.95. The molecule has 5 aromatic carbocycles. The SMILES string of the molecule is C1=C=CC(C23CC4(c5ccccc5)CC(c5ccccc5)(C2)CC([Si](c2ccccc2)(c2ccccc2)c2ccccc2)(C3)C4)=CC=1. The van der Waals surface area contributed by atoms with E-state index in [0.29, 0.717) is 0 Å². The van der Waals surface area contributed by atoms with Gasteiger partial charge in [-0.25, -0.2) is 0 Å². The van der Waals surface area contributed by atoms with Crippen LogP contribution in [0.1, 0.15) is 49.7 Å². The van der Waals surface area contributed by atoms with E-state index in [9.17, 15) is 0 Å². The number of benzene rings is 5. The van der Waals surface area contributed by atoms with Crippen molar-refractivity contribution in [1.29, 1.82) is 0 Å². The van der Waals surface area contributed by atoms with E-state index in [0.717, 1.165) is 0 Å². The van der Waals surface area contributed by atoms with E-state index in [4.69, 9.17) is 0 Å². The topological polar surface area (TPSA) is 0 Å². The highest BCUT2D eigenvalue weighted by atomic mass is 28.3. The van der Waals surface area contributed by atoms with Gasteiger partial charge in [0.15, 0.2) is 8.07 Å². The van der Waals surface area contributed by atoms with Gasteiger partial charge in [-0.05, 0) is 110 Å². The third-order valence-electron chi connectivity index (χ3n) is 12.5. The molecule has 4 saturated carbocycles. The minimum Gasteiger partial charge on any atom is -0.0702 e. The monoisotopic (exact) mass is 620 g/mol. The second-order valence-electron chi connectivity index (χ2n) is 15.0. The lowest BCUT2D eigenvalue weighted by atomic mass is 9.36. The molecule has 4 bridgehead atoms. The van der Waals surface area contributed by atoms with Gasteiger partial charge < -0.3 is 0 Å². The molecule has 47 heavy (non-hydrogen) atoms. The summed E-state index contributed by atoms with van der Waals surface area (Å²) in [5.41, 5.74) is 11.3. The van der Waals surface area contributed by atoms with Gasteiger partial charge in [0.1, 0.15) is 0 Å². The Morgan fingerprint density at radius 1 is 0.404 bits per heavy atom. The first-order chi connectivity index (χ1) is 23.1. The zero-order valence-electron chi connectivity index (χ0n) is 26.9. The summed E-state index contributed by atoms with van der Waals surface area (Å²) in [7, 11) is -2.73. The number of allylic oxidation sites excluding steroid dienone is 4. The zero-order chi connectivity index (χ0) is 31.4. The van der Waals surface area contributed by atoms with Crippen LogP contribution in [0.4, 0.5) is 0 Å². The molecule has 0 radical (unpaired) electrons. The molecule has 0 nitrogen and oxygen atoms in total. The molecule has 0 N–H and O–H groups in total. The van der Waals surface area contributed by atoms with Gasteiger partial charge in [-0.3, -0.25) is 0 Å². The Bertz CT molecular complexity index is 1890. The Hall–Kier alpha value is -4.64. The first-order valence-corrected chi connectivity index (χ1v) is 19.3. The quantitative estimate of drug-likeness (QED) is 0.0968. The molecule has 5 aromatic rings. The van der Waals surface area contributed by atoms with Gasteiger partial charge in [-0.1, -0.05) is 163 Å². The van der Waals surface area contributed by atoms with E-state index in [1.807, 2.05) is 0 Å². The molecule has 10 rings (SSSR count). The Labute approximate surface area is 280 Å². The fraction of sp³-hybridized carbons (Fsp3) is 0.217. The van der Waals surface area contributed by atoms with Crippen LogP contribution in [0.25, 0.3) is 0 Å². The van der Waals surface area contributed by atoms with Crippen LogP contribution < -0.4 is 15.6 Å². The van der Waals surface area contributed by atoms with Crippen LogP contribution in [0.2, 0.25) is 5.04 Å². The fourth-order valence-corrected chi connectivity index (χ4v) is 18.4. The lowest BCUT2D eigenvalue weighted by Crippen LogP contribution is -2.79. The van der Waals surface area contributed by atoms with E-state index in [2.05, 4.69) is 181 Å². The summed E-state index contributed by atoms with van der Waals surface area (Å²) < 4.78 is 0. The molecule has 0 amide bonds. The van der Waals surface area contributed by atoms with Gasteiger partial charge in [-0.2, -0.15) is 0 Å². The van der Waals surface area contributed by atoms with Crippen LogP contribution in [0.15, 0.2) is 187 Å². The van der Waals surface area contributed by atoms with Gasteiger partial charge in [-0.15, -0.1) is 0 Å². The lowest BCUT2D eigenvalue weighted by Gasteiger charge is -2.74. The minimum atomic E-state index is -2.73. The molecule has 5 aliphatic carbocycles. The summed E-state index contributed by atoms with van der Waals surface area (Å²) in [6.07, 6.45) is 13.9. The largest absolute Gasteiger partial charge is 0.154 e. The van der Waals surface area contributed by atoms with Gasteiger partial charge in [0.2, 0.25) is 0 Å². The Balaban J connectivity index is 1.44. The predicted molar refractivity (Wildman–Crippen MR) is 197 cm³/mol. The van der Waals surface area contributed by atoms with Crippen molar-refractivity contribution in [3.05, 3.63) is 198 Å². The Morgan fingerprint density at radius 3 is 1.19 bits per heavy atom. The normalized spacial score (nSPS) is 28.7. The number of hydrogen-bond acceptors (Lipinski definition) is 0. The van der Waals surface area contributed by atoms with Crippen molar-refractivity contribution in [2.75, 3.05) is 0 Å². The van der Waals surface area contributed by atoms with E-state index < -0.39 is 8.07 Å². The number of rotatable bonds is 7. The average Bonchev–Trinajstić information content (AvgIpc) is 3.14. The standard InChI is InChI=1S/C46H40Si/c1-7-19-37(20-8-1)43-31-44(38-21-9-2-10-22-38)33-45(32-43,39-23-11-3-12-24-39)36-46(34-43,35-44)47(40-25-13-4-14-26-40,41-27-15-5-16-28-41)42-29-17-6-18-30-42/h1-2,4-11,13-30H,31-36H2. The second-order valence-corrected chi connectivity index (χ2v) is 19.3. The smallest absolute Gasteiger partial charge is 0.0702 e. The zero-order valence-corrected chi connectivity index (χ0v) is 27.9. The van der Waals surface area contributed by atoms with Crippen molar-refractivity contribution < 1.29 is 0 Å².